The first-order valence-corrected chi connectivity index (χ1v) is 25.6. The molecular weight excluding hydrogens is 936 g/mol. The van der Waals surface area contributed by atoms with Gasteiger partial charge in [-0.2, -0.15) is 8.42 Å². The Balaban J connectivity index is 1.30. The van der Waals surface area contributed by atoms with Crippen molar-refractivity contribution in [2.45, 2.75) is 109 Å². The second-order valence-corrected chi connectivity index (χ2v) is 21.0. The quantitative estimate of drug-likeness (QED) is 0.0611. The summed E-state index contributed by atoms with van der Waals surface area (Å²) in [7, 11) is -3.22. The second-order valence-electron chi connectivity index (χ2n) is 19.4. The number of hydrogen-bond donors (Lipinski definition) is 3. The van der Waals surface area contributed by atoms with Crippen molar-refractivity contribution in [2.75, 3.05) is 39.5 Å². The van der Waals surface area contributed by atoms with Crippen molar-refractivity contribution in [3.63, 3.8) is 0 Å². The number of rotatable bonds is 29. The van der Waals surface area contributed by atoms with Crippen LogP contribution >= 0.6 is 0 Å². The number of ketones is 3. The first-order valence-electron chi connectivity index (χ1n) is 24.2. The molecule has 1 aliphatic heterocycles. The monoisotopic (exact) mass is 1000 g/mol. The average molecular weight is 1010 g/mol. The number of aliphatic hydroxyl groups is 1. The Kier molecular flexibility index (Phi) is 21.1. The lowest BCUT2D eigenvalue weighted by Crippen LogP contribution is -2.54. The predicted octanol–water partition coefficient (Wildman–Crippen LogP) is 4.98. The number of morpholine rings is 1. The average Bonchev–Trinajstić information content (AvgIpc) is 3.75. The molecular formula is C52H69FN6O11S. The SMILES string of the molecule is CC(C)C[C@H](NC(=O)[C@H](CCc1ccccc1)CC(=O)CN1CCOCC1)C(=O)C[C@@H](Cc1ccccc1)C(=O)N[C@@H](CC(C)C)C(=O)C(C)(O)COS(=O)(=O)c1ccc(OCc2cn(C)nn2)cc1F. The van der Waals surface area contributed by atoms with Crippen LogP contribution in [0.1, 0.15) is 83.5 Å². The Hall–Kier alpha value is -5.73. The number of aromatic nitrogens is 3. The molecule has 0 bridgehead atoms. The highest BCUT2D eigenvalue weighted by Gasteiger charge is 2.41. The Morgan fingerprint density at radius 3 is 2.06 bits per heavy atom. The lowest BCUT2D eigenvalue weighted by atomic mass is 9.86. The fourth-order valence-electron chi connectivity index (χ4n) is 8.32. The van der Waals surface area contributed by atoms with Crippen LogP contribution in [0.4, 0.5) is 4.39 Å². The normalized spacial score (nSPS) is 15.9. The van der Waals surface area contributed by atoms with Crippen molar-refractivity contribution in [3.8, 4) is 5.75 Å². The van der Waals surface area contributed by atoms with Crippen LogP contribution in [0.3, 0.4) is 0 Å². The standard InChI is InChI=1S/C52H69FN6O11S/c1-35(2)25-45(54-50(63)39(18-17-37-13-9-7-10-14-37)28-42(60)32-59-21-23-68-24-22-59)47(61)29-40(27-38-15-11-8-12-16-38)51(64)55-46(26-36(3)4)49(62)52(5,65)34-70-71(66,67)48-20-19-43(30-44(48)53)69-33-41-31-58(6)57-56-41/h7-16,19-20,30-31,35-36,39-40,45-46,65H,17-18,21-29,32-34H2,1-6H3,(H,54,63)(H,55,64)/t39-,40-,45+,46+,52?/m1/s1. The summed E-state index contributed by atoms with van der Waals surface area (Å²) in [6.07, 6.45) is 2.49. The molecule has 3 N–H and O–H groups in total. The number of Topliss-reactive ketones (excluding diaryl/α,β-unsaturated/α-hetero) is 3. The van der Waals surface area contributed by atoms with Gasteiger partial charge in [-0.15, -0.1) is 5.10 Å². The van der Waals surface area contributed by atoms with Gasteiger partial charge in [0.25, 0.3) is 10.1 Å². The van der Waals surface area contributed by atoms with E-state index in [9.17, 15) is 37.5 Å². The molecule has 0 radical (unpaired) electrons. The summed E-state index contributed by atoms with van der Waals surface area (Å²) >= 11 is 0. The second kappa shape index (κ2) is 26.6. The lowest BCUT2D eigenvalue weighted by molar-refractivity contribution is -0.143. The molecule has 3 aromatic carbocycles. The number of nitrogens with one attached hydrogen (secondary N) is 2. The summed E-state index contributed by atoms with van der Waals surface area (Å²) in [5.41, 5.74) is -0.329. The van der Waals surface area contributed by atoms with Crippen LogP contribution in [-0.2, 0) is 69.5 Å². The third kappa shape index (κ3) is 18.1. The van der Waals surface area contributed by atoms with Gasteiger partial charge in [-0.05, 0) is 74.1 Å². The van der Waals surface area contributed by atoms with Gasteiger partial charge >= 0.3 is 0 Å². The fourth-order valence-corrected chi connectivity index (χ4v) is 9.36. The van der Waals surface area contributed by atoms with E-state index in [4.69, 9.17) is 13.7 Å². The number of benzene rings is 3. The minimum Gasteiger partial charge on any atom is -0.487 e. The van der Waals surface area contributed by atoms with E-state index < -0.39 is 80.3 Å². The smallest absolute Gasteiger partial charge is 0.300 e. The van der Waals surface area contributed by atoms with Crippen LogP contribution < -0.4 is 15.4 Å². The number of aryl methyl sites for hydroxylation is 2. The van der Waals surface area contributed by atoms with E-state index >= 15 is 4.39 Å². The highest BCUT2D eigenvalue weighted by Crippen LogP contribution is 2.26. The number of hydrogen-bond acceptors (Lipinski definition) is 14. The van der Waals surface area contributed by atoms with E-state index in [1.807, 2.05) is 49.1 Å². The molecule has 1 saturated heterocycles. The number of amides is 2. The van der Waals surface area contributed by atoms with Gasteiger partial charge in [-0.25, -0.2) is 4.39 Å². The Morgan fingerprint density at radius 2 is 1.45 bits per heavy atom. The largest absolute Gasteiger partial charge is 0.487 e. The zero-order chi connectivity index (χ0) is 51.7. The topological polar surface area (TPSA) is 225 Å². The van der Waals surface area contributed by atoms with Crippen LogP contribution in [0.5, 0.6) is 5.75 Å². The van der Waals surface area contributed by atoms with Gasteiger partial charge in [-0.1, -0.05) is 93.6 Å². The maximum Gasteiger partial charge on any atom is 0.300 e. The fraction of sp³-hybridized carbons (Fsp3) is 0.519. The molecule has 1 fully saturated rings. The maximum atomic E-state index is 15.2. The van der Waals surface area contributed by atoms with Crippen LogP contribution in [0.25, 0.3) is 0 Å². The number of ether oxygens (including phenoxy) is 2. The summed E-state index contributed by atoms with van der Waals surface area (Å²) in [6, 6.07) is 19.2. The van der Waals surface area contributed by atoms with Gasteiger partial charge in [0.05, 0.1) is 38.0 Å². The molecule has 1 unspecified atom stereocenters. The van der Waals surface area contributed by atoms with Gasteiger partial charge in [-0.3, -0.25) is 37.7 Å². The van der Waals surface area contributed by atoms with Crippen LogP contribution in [0.15, 0.2) is 90.0 Å². The van der Waals surface area contributed by atoms with Gasteiger partial charge in [0.2, 0.25) is 11.8 Å². The van der Waals surface area contributed by atoms with Crippen molar-refractivity contribution >= 4 is 39.3 Å². The van der Waals surface area contributed by atoms with Crippen LogP contribution in [0, 0.1) is 29.5 Å². The van der Waals surface area contributed by atoms with Crippen molar-refractivity contribution in [3.05, 3.63) is 108 Å². The predicted molar refractivity (Wildman–Crippen MR) is 262 cm³/mol. The van der Waals surface area contributed by atoms with Crippen molar-refractivity contribution in [2.24, 2.45) is 30.7 Å². The molecule has 0 saturated carbocycles. The van der Waals surface area contributed by atoms with Crippen LogP contribution in [0.2, 0.25) is 0 Å². The molecule has 4 aromatic rings. The van der Waals surface area contributed by atoms with Gasteiger partial charge < -0.3 is 25.2 Å². The molecule has 17 nitrogen and oxygen atoms in total. The Morgan fingerprint density at radius 1 is 0.845 bits per heavy atom. The molecule has 0 aliphatic carbocycles. The summed E-state index contributed by atoms with van der Waals surface area (Å²) in [5, 5.41) is 24.9. The maximum absolute atomic E-state index is 15.2. The highest BCUT2D eigenvalue weighted by atomic mass is 32.2. The minimum atomic E-state index is -4.88. The molecule has 71 heavy (non-hydrogen) atoms. The number of nitrogens with zero attached hydrogens (tertiary/aromatic N) is 4. The van der Waals surface area contributed by atoms with E-state index in [2.05, 4.69) is 20.9 Å². The molecule has 1 aliphatic rings. The van der Waals surface area contributed by atoms with Crippen molar-refractivity contribution < 1.29 is 55.5 Å². The van der Waals surface area contributed by atoms with Crippen molar-refractivity contribution in [1.29, 1.82) is 0 Å². The number of carbonyl (C=O) groups excluding carboxylic acids is 5. The van der Waals surface area contributed by atoms with E-state index in [-0.39, 0.29) is 68.6 Å². The van der Waals surface area contributed by atoms with Gasteiger partial charge in [0.15, 0.2) is 11.6 Å². The van der Waals surface area contributed by atoms with Crippen LogP contribution in [-0.4, -0.2) is 120 Å². The molecule has 1 aromatic heterocycles. The molecule has 19 heteroatoms. The first-order chi connectivity index (χ1) is 33.7. The summed E-state index contributed by atoms with van der Waals surface area (Å²) in [6.45, 7) is 9.72. The Labute approximate surface area is 416 Å². The zero-order valence-electron chi connectivity index (χ0n) is 41.6. The lowest BCUT2D eigenvalue weighted by Gasteiger charge is -2.30. The summed E-state index contributed by atoms with van der Waals surface area (Å²) < 4.78 is 59.2. The van der Waals surface area contributed by atoms with E-state index in [0.29, 0.717) is 44.8 Å². The molecule has 386 valence electrons. The third-order valence-corrected chi connectivity index (χ3v) is 13.4. The molecule has 0 spiro atoms. The molecule has 5 rings (SSSR count). The minimum absolute atomic E-state index is 0.000510. The molecule has 5 atom stereocenters. The highest BCUT2D eigenvalue weighted by molar-refractivity contribution is 7.86. The molecule has 2 amide bonds. The Bertz CT molecular complexity index is 2500. The van der Waals surface area contributed by atoms with Gasteiger partial charge in [0, 0.05) is 50.9 Å². The van der Waals surface area contributed by atoms with Gasteiger partial charge in [0.1, 0.15) is 46.8 Å². The number of carbonyl (C=O) groups is 5. The van der Waals surface area contributed by atoms with E-state index in [1.165, 1.54) is 10.7 Å². The van der Waals surface area contributed by atoms with Crippen molar-refractivity contribution in [1.82, 2.24) is 30.5 Å². The summed E-state index contributed by atoms with van der Waals surface area (Å²) in [4.78, 5) is 71.9. The van der Waals surface area contributed by atoms with E-state index in [1.54, 1.807) is 57.4 Å². The number of halogens is 1. The summed E-state index contributed by atoms with van der Waals surface area (Å²) in [5.74, 6) is -5.86. The zero-order valence-corrected chi connectivity index (χ0v) is 42.4. The molecule has 2 heterocycles. The third-order valence-electron chi connectivity index (χ3n) is 12.1. The first kappa shape index (κ1) is 56.2. The van der Waals surface area contributed by atoms with E-state index in [0.717, 1.165) is 30.2 Å².